The molecule has 25 heavy (non-hydrogen) atoms. The molecule has 1 saturated carbocycles. The molecule has 2 aromatic rings. The van der Waals surface area contributed by atoms with E-state index in [-0.39, 0.29) is 5.91 Å². The molecule has 6 heteroatoms. The minimum atomic E-state index is 0.195. The standard InChI is InChI=1S/C19H25N3O2S/c23-19(7-18-5-2-6-25-18)21-9-16(13-24-12-15-3-1-4-15)10-22-14-20-8-17(22)11-21/h2,5-6,8,14-16H,1,3-4,7,9-13H2. The normalized spacial score (nSPS) is 20.8. The molecule has 1 amide bonds. The molecule has 134 valence electrons. The first-order valence-electron chi connectivity index (χ1n) is 9.15. The van der Waals surface area contributed by atoms with Crippen molar-refractivity contribution in [3.8, 4) is 0 Å². The lowest BCUT2D eigenvalue weighted by Gasteiger charge is -2.27. The van der Waals surface area contributed by atoms with Crippen LogP contribution in [0.3, 0.4) is 0 Å². The Labute approximate surface area is 152 Å². The summed E-state index contributed by atoms with van der Waals surface area (Å²) in [5.41, 5.74) is 1.11. The third kappa shape index (κ3) is 4.12. The van der Waals surface area contributed by atoms with Gasteiger partial charge in [-0.1, -0.05) is 12.5 Å². The zero-order valence-electron chi connectivity index (χ0n) is 14.5. The van der Waals surface area contributed by atoms with Crippen molar-refractivity contribution in [2.24, 2.45) is 11.8 Å². The predicted molar refractivity (Wildman–Crippen MR) is 97.3 cm³/mol. The number of carbonyl (C=O) groups excluding carboxylic acids is 1. The summed E-state index contributed by atoms with van der Waals surface area (Å²) in [4.78, 5) is 20.2. The number of carbonyl (C=O) groups is 1. The van der Waals surface area contributed by atoms with Gasteiger partial charge in [-0.3, -0.25) is 4.79 Å². The van der Waals surface area contributed by atoms with Gasteiger partial charge >= 0.3 is 0 Å². The minimum Gasteiger partial charge on any atom is -0.381 e. The highest BCUT2D eigenvalue weighted by Crippen LogP contribution is 2.26. The number of amides is 1. The Morgan fingerprint density at radius 2 is 2.16 bits per heavy atom. The van der Waals surface area contributed by atoms with Crippen molar-refractivity contribution in [1.82, 2.24) is 14.5 Å². The topological polar surface area (TPSA) is 47.4 Å². The van der Waals surface area contributed by atoms with Gasteiger partial charge in [0, 0.05) is 36.7 Å². The van der Waals surface area contributed by atoms with Crippen molar-refractivity contribution in [3.63, 3.8) is 0 Å². The van der Waals surface area contributed by atoms with E-state index in [0.717, 1.165) is 42.8 Å². The van der Waals surface area contributed by atoms with Crippen LogP contribution in [0.15, 0.2) is 30.0 Å². The largest absolute Gasteiger partial charge is 0.381 e. The summed E-state index contributed by atoms with van der Waals surface area (Å²) in [6.45, 7) is 3.87. The summed E-state index contributed by atoms with van der Waals surface area (Å²) in [6, 6.07) is 4.03. The van der Waals surface area contributed by atoms with E-state index in [0.29, 0.717) is 18.9 Å². The van der Waals surface area contributed by atoms with Gasteiger partial charge in [0.15, 0.2) is 0 Å². The summed E-state index contributed by atoms with van der Waals surface area (Å²) in [5.74, 6) is 1.27. The number of nitrogens with zero attached hydrogens (tertiary/aromatic N) is 3. The fraction of sp³-hybridized carbons (Fsp3) is 0.579. The summed E-state index contributed by atoms with van der Waals surface area (Å²) in [5, 5.41) is 2.03. The number of hydrogen-bond donors (Lipinski definition) is 0. The van der Waals surface area contributed by atoms with Crippen LogP contribution in [0, 0.1) is 11.8 Å². The molecule has 0 aromatic carbocycles. The highest BCUT2D eigenvalue weighted by Gasteiger charge is 2.26. The SMILES string of the molecule is O=C(Cc1cccs1)N1Cc2cncn2CC(COCC2CCC2)C1. The molecule has 1 aliphatic heterocycles. The fourth-order valence-corrected chi connectivity index (χ4v) is 4.28. The number of rotatable bonds is 6. The van der Waals surface area contributed by atoms with Crippen molar-refractivity contribution >= 4 is 17.2 Å². The third-order valence-electron chi connectivity index (χ3n) is 5.27. The predicted octanol–water partition coefficient (Wildman–Crippen LogP) is 2.96. The van der Waals surface area contributed by atoms with Crippen LogP contribution < -0.4 is 0 Å². The monoisotopic (exact) mass is 359 g/mol. The Kier molecular flexibility index (Phi) is 5.17. The molecule has 2 aliphatic rings. The first-order valence-corrected chi connectivity index (χ1v) is 10.0. The van der Waals surface area contributed by atoms with E-state index in [4.69, 9.17) is 4.74 Å². The molecule has 2 aromatic heterocycles. The molecule has 4 rings (SSSR count). The van der Waals surface area contributed by atoms with Crippen LogP contribution in [0.4, 0.5) is 0 Å². The molecule has 0 N–H and O–H groups in total. The maximum atomic E-state index is 12.8. The Morgan fingerprint density at radius 3 is 2.92 bits per heavy atom. The van der Waals surface area contributed by atoms with E-state index in [1.807, 2.05) is 34.9 Å². The molecule has 3 heterocycles. The van der Waals surface area contributed by atoms with Crippen LogP contribution in [0.1, 0.15) is 29.8 Å². The highest BCUT2D eigenvalue weighted by atomic mass is 32.1. The van der Waals surface area contributed by atoms with Crippen molar-refractivity contribution in [2.75, 3.05) is 19.8 Å². The number of hydrogen-bond acceptors (Lipinski definition) is 4. The summed E-state index contributed by atoms with van der Waals surface area (Å²) in [7, 11) is 0. The molecule has 0 radical (unpaired) electrons. The Morgan fingerprint density at radius 1 is 1.28 bits per heavy atom. The van der Waals surface area contributed by atoms with E-state index in [1.165, 1.54) is 19.3 Å². The van der Waals surface area contributed by atoms with Gasteiger partial charge in [0.1, 0.15) is 0 Å². The van der Waals surface area contributed by atoms with Crippen molar-refractivity contribution < 1.29 is 9.53 Å². The molecule has 1 unspecified atom stereocenters. The van der Waals surface area contributed by atoms with Crippen LogP contribution in [0.25, 0.3) is 0 Å². The van der Waals surface area contributed by atoms with Gasteiger partial charge in [0.25, 0.3) is 0 Å². The summed E-state index contributed by atoms with van der Waals surface area (Å²) < 4.78 is 8.16. The molecule has 1 fully saturated rings. The smallest absolute Gasteiger partial charge is 0.228 e. The molecular weight excluding hydrogens is 334 g/mol. The third-order valence-corrected chi connectivity index (χ3v) is 6.15. The Balaban J connectivity index is 1.40. The molecule has 0 spiro atoms. The highest BCUT2D eigenvalue weighted by molar-refractivity contribution is 7.10. The Bertz CT molecular complexity index is 693. The van der Waals surface area contributed by atoms with Gasteiger partial charge in [0.2, 0.25) is 5.91 Å². The van der Waals surface area contributed by atoms with Crippen LogP contribution >= 0.6 is 11.3 Å². The van der Waals surface area contributed by atoms with E-state index >= 15 is 0 Å². The lowest BCUT2D eigenvalue weighted by Crippen LogP contribution is -2.36. The van der Waals surface area contributed by atoms with Gasteiger partial charge in [-0.05, 0) is 30.2 Å². The second kappa shape index (κ2) is 7.70. The van der Waals surface area contributed by atoms with Crippen molar-refractivity contribution in [3.05, 3.63) is 40.6 Å². The fourth-order valence-electron chi connectivity index (χ4n) is 3.58. The van der Waals surface area contributed by atoms with Crippen molar-refractivity contribution in [1.29, 1.82) is 0 Å². The maximum absolute atomic E-state index is 12.8. The number of imidazole rings is 1. The van der Waals surface area contributed by atoms with Crippen LogP contribution in [-0.2, 0) is 29.0 Å². The first kappa shape index (κ1) is 16.8. The van der Waals surface area contributed by atoms with E-state index in [9.17, 15) is 4.79 Å². The second-order valence-corrected chi connectivity index (χ2v) is 8.30. The van der Waals surface area contributed by atoms with Gasteiger partial charge in [-0.25, -0.2) is 4.98 Å². The average molecular weight is 359 g/mol. The minimum absolute atomic E-state index is 0.195. The molecule has 1 aliphatic carbocycles. The quantitative estimate of drug-likeness (QED) is 0.797. The average Bonchev–Trinajstić information content (AvgIpc) is 3.18. The zero-order valence-corrected chi connectivity index (χ0v) is 15.3. The van der Waals surface area contributed by atoms with Gasteiger partial charge in [0.05, 0.1) is 31.6 Å². The summed E-state index contributed by atoms with van der Waals surface area (Å²) in [6.07, 6.45) is 8.20. The van der Waals surface area contributed by atoms with E-state index < -0.39 is 0 Å². The maximum Gasteiger partial charge on any atom is 0.228 e. The lowest BCUT2D eigenvalue weighted by molar-refractivity contribution is -0.131. The first-order chi connectivity index (χ1) is 12.3. The molecule has 0 saturated heterocycles. The van der Waals surface area contributed by atoms with Crippen LogP contribution in [0.5, 0.6) is 0 Å². The van der Waals surface area contributed by atoms with Gasteiger partial charge in [-0.2, -0.15) is 0 Å². The summed E-state index contributed by atoms with van der Waals surface area (Å²) >= 11 is 1.64. The molecule has 5 nitrogen and oxygen atoms in total. The van der Waals surface area contributed by atoms with Crippen LogP contribution in [-0.4, -0.2) is 40.1 Å². The van der Waals surface area contributed by atoms with Crippen LogP contribution in [0.2, 0.25) is 0 Å². The zero-order chi connectivity index (χ0) is 17.1. The van der Waals surface area contributed by atoms with Gasteiger partial charge < -0.3 is 14.2 Å². The van der Waals surface area contributed by atoms with Crippen molar-refractivity contribution in [2.45, 2.75) is 38.8 Å². The second-order valence-electron chi connectivity index (χ2n) is 7.27. The van der Waals surface area contributed by atoms with E-state index in [1.54, 1.807) is 11.3 Å². The van der Waals surface area contributed by atoms with E-state index in [2.05, 4.69) is 9.55 Å². The molecular formula is C19H25N3O2S. The number of thiophene rings is 1. The Hall–Kier alpha value is -1.66. The van der Waals surface area contributed by atoms with Gasteiger partial charge in [-0.15, -0.1) is 11.3 Å². The molecule has 0 bridgehead atoms. The number of fused-ring (bicyclic) bond motifs is 1. The number of aromatic nitrogens is 2. The lowest BCUT2D eigenvalue weighted by atomic mass is 9.86. The molecule has 1 atom stereocenters. The number of ether oxygens (including phenoxy) is 1.